The third kappa shape index (κ3) is 22.0. The second kappa shape index (κ2) is 36.1. The van der Waals surface area contributed by atoms with Gasteiger partial charge in [0, 0.05) is 36.8 Å². The van der Waals surface area contributed by atoms with Crippen LogP contribution >= 0.6 is 0 Å². The third-order valence-electron chi connectivity index (χ3n) is 16.0. The number of aliphatic hydroxyl groups excluding tert-OH is 1. The number of carbonyl (C=O) groups is 2. The molecule has 4 rings (SSSR count). The van der Waals surface area contributed by atoms with Gasteiger partial charge in [-0.25, -0.2) is 0 Å². The molecule has 10 heteroatoms. The van der Waals surface area contributed by atoms with Crippen molar-refractivity contribution in [1.82, 2.24) is 15.5 Å². The molecule has 0 aromatic heterocycles. The zero-order chi connectivity index (χ0) is 52.3. The van der Waals surface area contributed by atoms with Gasteiger partial charge in [0.15, 0.2) is 0 Å². The molecule has 3 aromatic carbocycles. The molecule has 10 nitrogen and oxygen atoms in total. The highest BCUT2D eigenvalue weighted by Gasteiger charge is 2.54. The summed E-state index contributed by atoms with van der Waals surface area (Å²) in [5.41, 5.74) is 0.856. The van der Waals surface area contributed by atoms with Gasteiger partial charge in [-0.2, -0.15) is 0 Å². The Morgan fingerprint density at radius 1 is 0.493 bits per heavy atom. The van der Waals surface area contributed by atoms with Gasteiger partial charge in [-0.05, 0) is 106 Å². The molecule has 1 aliphatic rings. The van der Waals surface area contributed by atoms with E-state index in [0.717, 1.165) is 73.5 Å². The van der Waals surface area contributed by atoms with Gasteiger partial charge in [0.1, 0.15) is 17.1 Å². The lowest BCUT2D eigenvalue weighted by molar-refractivity contribution is -0.137. The summed E-state index contributed by atoms with van der Waals surface area (Å²) in [5.74, 6) is 1.03. The Balaban J connectivity index is 0.993. The fourth-order valence-electron chi connectivity index (χ4n) is 10.8. The van der Waals surface area contributed by atoms with Crippen molar-refractivity contribution in [2.24, 2.45) is 10.8 Å². The minimum absolute atomic E-state index is 0.0395. The highest BCUT2D eigenvalue weighted by atomic mass is 16.5. The molecule has 0 aliphatic carbocycles. The summed E-state index contributed by atoms with van der Waals surface area (Å²) in [5, 5.41) is 26.9. The predicted molar refractivity (Wildman–Crippen MR) is 301 cm³/mol. The van der Waals surface area contributed by atoms with E-state index < -0.39 is 22.4 Å². The van der Waals surface area contributed by atoms with Gasteiger partial charge in [-0.15, -0.1) is 0 Å². The molecule has 3 aromatic rings. The average molecular weight is 1010 g/mol. The number of unbranched alkanes of at least 4 members (excludes halogenated alkanes) is 23. The average Bonchev–Trinajstić information content (AvgIpc) is 3.69. The second-order valence-electron chi connectivity index (χ2n) is 21.9. The molecule has 4 N–H and O–H groups in total. The number of rotatable bonds is 44. The minimum atomic E-state index is -0.982. The Hall–Kier alpha value is -3.96. The number of benzene rings is 3. The van der Waals surface area contributed by atoms with Crippen LogP contribution in [-0.2, 0) is 19.9 Å². The molecule has 1 aliphatic heterocycles. The van der Waals surface area contributed by atoms with Crippen molar-refractivity contribution in [3.8, 4) is 11.5 Å². The number of amides is 1. The van der Waals surface area contributed by atoms with Crippen LogP contribution in [-0.4, -0.2) is 93.7 Å². The SMILES string of the molecule is COc1ccc(C(OC[C@@]2(C)CN(C(=O)CCCCCCCCCNCCCCCCCCCCCCNCCCCCCCCCCCC(=O)O)C[C@@]2(C)CO)(c2ccccc2)c2ccc(OC)cc2)cc1. The van der Waals surface area contributed by atoms with Crippen molar-refractivity contribution in [3.05, 3.63) is 95.6 Å². The number of carboxylic acids is 1. The molecule has 1 fully saturated rings. The molecule has 0 radical (unpaired) electrons. The third-order valence-corrected chi connectivity index (χ3v) is 16.0. The normalized spacial score (nSPS) is 16.8. The molecular formula is C63H101N3O7. The maximum Gasteiger partial charge on any atom is 0.303 e. The summed E-state index contributed by atoms with van der Waals surface area (Å²) in [7, 11) is 3.34. The van der Waals surface area contributed by atoms with Crippen LogP contribution in [0.5, 0.6) is 11.5 Å². The number of methoxy groups -OCH3 is 2. The molecule has 1 saturated heterocycles. The molecule has 0 saturated carbocycles. The van der Waals surface area contributed by atoms with Crippen molar-refractivity contribution in [3.63, 3.8) is 0 Å². The van der Waals surface area contributed by atoms with Crippen LogP contribution in [0.2, 0.25) is 0 Å². The first-order valence-electron chi connectivity index (χ1n) is 29.1. The number of aliphatic carboxylic acids is 1. The number of aliphatic hydroxyl groups is 1. The van der Waals surface area contributed by atoms with Gasteiger partial charge in [-0.1, -0.05) is 197 Å². The van der Waals surface area contributed by atoms with Crippen LogP contribution in [0.4, 0.5) is 0 Å². The Bertz CT molecular complexity index is 1830. The molecule has 1 amide bonds. The van der Waals surface area contributed by atoms with Crippen molar-refractivity contribution in [2.75, 3.05) is 66.7 Å². The molecule has 0 bridgehead atoms. The Morgan fingerprint density at radius 3 is 1.21 bits per heavy atom. The fourth-order valence-corrected chi connectivity index (χ4v) is 10.8. The Labute approximate surface area is 443 Å². The van der Waals surface area contributed by atoms with Gasteiger partial charge >= 0.3 is 5.97 Å². The predicted octanol–water partition coefficient (Wildman–Crippen LogP) is 14.0. The first-order valence-corrected chi connectivity index (χ1v) is 29.1. The van der Waals surface area contributed by atoms with Crippen LogP contribution in [0.3, 0.4) is 0 Å². The van der Waals surface area contributed by atoms with Gasteiger partial charge in [0.25, 0.3) is 0 Å². The topological polar surface area (TPSA) is 130 Å². The largest absolute Gasteiger partial charge is 0.497 e. The molecule has 0 unspecified atom stereocenters. The van der Waals surface area contributed by atoms with E-state index in [-0.39, 0.29) is 12.5 Å². The number of hydrogen-bond donors (Lipinski definition) is 4. The molecular weight excluding hydrogens is 911 g/mol. The van der Waals surface area contributed by atoms with Crippen LogP contribution in [0, 0.1) is 10.8 Å². The maximum absolute atomic E-state index is 13.8. The first kappa shape index (κ1) is 61.6. The Morgan fingerprint density at radius 2 is 0.836 bits per heavy atom. The van der Waals surface area contributed by atoms with E-state index in [4.69, 9.17) is 19.3 Å². The highest BCUT2D eigenvalue weighted by Crippen LogP contribution is 2.49. The summed E-state index contributed by atoms with van der Waals surface area (Å²) in [6, 6.07) is 26.4. The number of ether oxygens (including phenoxy) is 3. The van der Waals surface area contributed by atoms with Crippen LogP contribution in [0.25, 0.3) is 0 Å². The van der Waals surface area contributed by atoms with Crippen molar-refractivity contribution >= 4 is 11.9 Å². The maximum atomic E-state index is 13.8. The monoisotopic (exact) mass is 1010 g/mol. The van der Waals surface area contributed by atoms with E-state index in [2.05, 4.69) is 60.9 Å². The van der Waals surface area contributed by atoms with E-state index in [0.29, 0.717) is 32.5 Å². The zero-order valence-electron chi connectivity index (χ0n) is 46.3. The number of carboxylic acid groups (broad SMARTS) is 1. The molecule has 2 atom stereocenters. The summed E-state index contributed by atoms with van der Waals surface area (Å²) < 4.78 is 18.4. The highest BCUT2D eigenvalue weighted by molar-refractivity contribution is 5.76. The number of hydrogen-bond acceptors (Lipinski definition) is 8. The number of nitrogens with zero attached hydrogens (tertiary/aromatic N) is 1. The van der Waals surface area contributed by atoms with Gasteiger partial charge < -0.3 is 40.0 Å². The fraction of sp³-hybridized carbons (Fsp3) is 0.683. The molecule has 0 spiro atoms. The van der Waals surface area contributed by atoms with Gasteiger partial charge in [-0.3, -0.25) is 9.59 Å². The quantitative estimate of drug-likeness (QED) is 0.0323. The van der Waals surface area contributed by atoms with Crippen LogP contribution in [0.1, 0.15) is 210 Å². The first-order chi connectivity index (χ1) is 35.6. The lowest BCUT2D eigenvalue weighted by Gasteiger charge is -2.43. The molecule has 73 heavy (non-hydrogen) atoms. The van der Waals surface area contributed by atoms with E-state index in [9.17, 15) is 14.7 Å². The standard InChI is InChI=1S/C63H101N3O7/c1-61(52-67)50-66(51-62(61,2)53-73-63(54-34-26-25-27-35-54,55-38-42-57(71-3)43-39-55)56-40-44-58(72-4)45-41-56)59(68)36-28-19-13-12-18-24-33-49-65-47-31-22-16-10-6-5-9-15-21-30-46-64-48-32-23-17-11-7-8-14-20-29-37-60(69)70/h25-27,34-35,38-45,64-65,67H,5-24,28-33,36-37,46-53H2,1-4H3,(H,69,70)/t61-,62+/m0/s1. The molecule has 410 valence electrons. The summed E-state index contributed by atoms with van der Waals surface area (Å²) in [6.07, 6.45) is 33.5. The van der Waals surface area contributed by atoms with E-state index >= 15 is 0 Å². The zero-order valence-corrected chi connectivity index (χ0v) is 46.3. The van der Waals surface area contributed by atoms with E-state index in [1.807, 2.05) is 47.4 Å². The smallest absolute Gasteiger partial charge is 0.303 e. The van der Waals surface area contributed by atoms with E-state index in [1.165, 1.54) is 148 Å². The minimum Gasteiger partial charge on any atom is -0.497 e. The lowest BCUT2D eigenvalue weighted by Crippen LogP contribution is -2.46. The number of likely N-dealkylation sites (tertiary alicyclic amines) is 1. The van der Waals surface area contributed by atoms with Crippen molar-refractivity contribution < 1.29 is 34.0 Å². The summed E-state index contributed by atoms with van der Waals surface area (Å²) in [6.45, 7) is 10.2. The van der Waals surface area contributed by atoms with Crippen LogP contribution in [0.15, 0.2) is 78.9 Å². The summed E-state index contributed by atoms with van der Waals surface area (Å²) in [4.78, 5) is 26.3. The van der Waals surface area contributed by atoms with Gasteiger partial charge in [0.05, 0.1) is 27.4 Å². The van der Waals surface area contributed by atoms with Crippen molar-refractivity contribution in [2.45, 2.75) is 199 Å². The van der Waals surface area contributed by atoms with E-state index in [1.54, 1.807) is 14.2 Å². The molecule has 1 heterocycles. The lowest BCUT2D eigenvalue weighted by atomic mass is 9.68. The van der Waals surface area contributed by atoms with Crippen molar-refractivity contribution in [1.29, 1.82) is 0 Å². The van der Waals surface area contributed by atoms with Gasteiger partial charge in [0.2, 0.25) is 5.91 Å². The second-order valence-corrected chi connectivity index (χ2v) is 21.9. The summed E-state index contributed by atoms with van der Waals surface area (Å²) >= 11 is 0. The number of nitrogens with one attached hydrogen (secondary N) is 2. The Kier molecular flexibility index (Phi) is 30.5. The van der Waals surface area contributed by atoms with Crippen LogP contribution < -0.4 is 20.1 Å². The number of carbonyl (C=O) groups excluding carboxylic acids is 1.